The number of carbonyl (C=O) groups excluding carboxylic acids is 1. The summed E-state index contributed by atoms with van der Waals surface area (Å²) in [5.41, 5.74) is 12.0. The second kappa shape index (κ2) is 7.25. The van der Waals surface area contributed by atoms with E-state index in [4.69, 9.17) is 22.0 Å². The zero-order valence-corrected chi connectivity index (χ0v) is 12.8. The van der Waals surface area contributed by atoms with E-state index in [-0.39, 0.29) is 18.0 Å². The van der Waals surface area contributed by atoms with E-state index in [1.165, 1.54) is 23.5 Å². The van der Waals surface area contributed by atoms with Crippen molar-refractivity contribution in [2.75, 3.05) is 20.1 Å². The predicted molar refractivity (Wildman–Crippen MR) is 83.7 cm³/mol. The lowest BCUT2D eigenvalue weighted by Gasteiger charge is -2.27. The first-order chi connectivity index (χ1) is 10.9. The molecule has 0 radical (unpaired) electrons. The molecule has 1 aliphatic heterocycles. The van der Waals surface area contributed by atoms with Crippen LogP contribution in [0.1, 0.15) is 22.3 Å². The third-order valence-corrected chi connectivity index (χ3v) is 3.40. The molecule has 1 saturated heterocycles. The zero-order chi connectivity index (χ0) is 17.0. The van der Waals surface area contributed by atoms with E-state index in [2.05, 4.69) is 10.3 Å². The highest BCUT2D eigenvalue weighted by Gasteiger charge is 2.28. The highest BCUT2D eigenvalue weighted by molar-refractivity contribution is 5.95. The Labute approximate surface area is 133 Å². The Morgan fingerprint density at radius 3 is 2.91 bits per heavy atom. The molecule has 0 spiro atoms. The van der Waals surface area contributed by atoms with Gasteiger partial charge in [0.15, 0.2) is 0 Å². The van der Waals surface area contributed by atoms with Crippen LogP contribution in [0.5, 0.6) is 5.88 Å². The first-order valence-electron chi connectivity index (χ1n) is 7.15. The van der Waals surface area contributed by atoms with Crippen molar-refractivity contribution in [3.8, 4) is 5.88 Å². The number of carbonyl (C=O) groups is 1. The minimum absolute atomic E-state index is 0.00435. The van der Waals surface area contributed by atoms with E-state index in [0.717, 1.165) is 0 Å². The van der Waals surface area contributed by atoms with Crippen molar-refractivity contribution >= 4 is 11.6 Å². The topological polar surface area (TPSA) is 133 Å². The maximum Gasteiger partial charge on any atom is 0.254 e. The van der Waals surface area contributed by atoms with Gasteiger partial charge in [0, 0.05) is 31.6 Å². The van der Waals surface area contributed by atoms with Crippen molar-refractivity contribution in [1.29, 1.82) is 0 Å². The highest BCUT2D eigenvalue weighted by atomic mass is 19.1. The van der Waals surface area contributed by atoms with E-state index in [9.17, 15) is 9.18 Å². The average Bonchev–Trinajstić information content (AvgIpc) is 2.49. The number of nitrogens with zero attached hydrogens (tertiary/aromatic N) is 2. The molecule has 1 aromatic heterocycles. The standard InChI is InChI=1S/C14H21FN6O2/c1-21(18)7-11(16)8-4-9(13(17)22)14(20-5-8)23-12-2-3-19-6-10(12)15/h4-5,7,10,12,19H,2-3,6,16,18H2,1H3,(H2,17,22)/b11-7-. The molecule has 1 amide bonds. The van der Waals surface area contributed by atoms with Gasteiger partial charge in [0.1, 0.15) is 17.8 Å². The van der Waals surface area contributed by atoms with Crippen molar-refractivity contribution in [2.24, 2.45) is 17.3 Å². The Bertz CT molecular complexity index is 607. The van der Waals surface area contributed by atoms with E-state index < -0.39 is 18.2 Å². The van der Waals surface area contributed by atoms with Crippen LogP contribution in [0.25, 0.3) is 5.70 Å². The number of amides is 1. The zero-order valence-electron chi connectivity index (χ0n) is 12.8. The van der Waals surface area contributed by atoms with E-state index in [1.807, 2.05) is 0 Å². The monoisotopic (exact) mass is 324 g/mol. The second-order valence-electron chi connectivity index (χ2n) is 5.36. The van der Waals surface area contributed by atoms with Crippen molar-refractivity contribution in [2.45, 2.75) is 18.7 Å². The first-order valence-corrected chi connectivity index (χ1v) is 7.15. The van der Waals surface area contributed by atoms with Crippen molar-refractivity contribution < 1.29 is 13.9 Å². The van der Waals surface area contributed by atoms with Crippen LogP contribution in [-0.2, 0) is 0 Å². The van der Waals surface area contributed by atoms with Crippen LogP contribution >= 0.6 is 0 Å². The lowest BCUT2D eigenvalue weighted by atomic mass is 10.1. The van der Waals surface area contributed by atoms with E-state index in [1.54, 1.807) is 7.05 Å². The van der Waals surface area contributed by atoms with Gasteiger partial charge in [0.05, 0.1) is 5.70 Å². The fourth-order valence-electron chi connectivity index (χ4n) is 2.25. The molecule has 1 aromatic rings. The van der Waals surface area contributed by atoms with Crippen molar-refractivity contribution in [3.63, 3.8) is 0 Å². The summed E-state index contributed by atoms with van der Waals surface area (Å²) in [6.07, 6.45) is 1.51. The number of ether oxygens (including phenoxy) is 1. The second-order valence-corrected chi connectivity index (χ2v) is 5.36. The molecule has 2 atom stereocenters. The lowest BCUT2D eigenvalue weighted by Crippen LogP contribution is -2.44. The summed E-state index contributed by atoms with van der Waals surface area (Å²) in [7, 11) is 1.60. The van der Waals surface area contributed by atoms with Gasteiger partial charge in [-0.05, 0) is 19.0 Å². The molecular weight excluding hydrogens is 303 g/mol. The summed E-state index contributed by atoms with van der Waals surface area (Å²) < 4.78 is 19.4. The summed E-state index contributed by atoms with van der Waals surface area (Å²) >= 11 is 0. The number of pyridine rings is 1. The van der Waals surface area contributed by atoms with Gasteiger partial charge in [0.2, 0.25) is 5.88 Å². The van der Waals surface area contributed by atoms with Gasteiger partial charge < -0.3 is 26.5 Å². The fraction of sp³-hybridized carbons (Fsp3) is 0.429. The third kappa shape index (κ3) is 4.30. The third-order valence-electron chi connectivity index (χ3n) is 3.40. The molecule has 0 saturated carbocycles. The van der Waals surface area contributed by atoms with Crippen LogP contribution in [0.15, 0.2) is 18.5 Å². The summed E-state index contributed by atoms with van der Waals surface area (Å²) in [6.45, 7) is 0.834. The molecule has 9 heteroatoms. The van der Waals surface area contributed by atoms with Crippen LogP contribution < -0.4 is 27.4 Å². The Morgan fingerprint density at radius 1 is 1.57 bits per heavy atom. The minimum Gasteiger partial charge on any atom is -0.471 e. The van der Waals surface area contributed by atoms with Gasteiger partial charge in [-0.15, -0.1) is 0 Å². The number of piperidine rings is 1. The number of hydrogen-bond donors (Lipinski definition) is 4. The van der Waals surface area contributed by atoms with E-state index >= 15 is 0 Å². The summed E-state index contributed by atoms with van der Waals surface area (Å²) in [5.74, 6) is 4.77. The molecule has 8 nitrogen and oxygen atoms in total. The maximum absolute atomic E-state index is 13.8. The molecular formula is C14H21FN6O2. The number of rotatable bonds is 5. The molecule has 2 rings (SSSR count). The number of nitrogens with two attached hydrogens (primary N) is 3. The molecule has 2 heterocycles. The molecule has 2 unspecified atom stereocenters. The Balaban J connectivity index is 2.28. The number of nitrogens with one attached hydrogen (secondary N) is 1. The summed E-state index contributed by atoms with van der Waals surface area (Å²) in [4.78, 5) is 15.7. The number of primary amides is 1. The summed E-state index contributed by atoms with van der Waals surface area (Å²) in [6, 6.07) is 1.45. The molecule has 7 N–H and O–H groups in total. The number of hydrazine groups is 1. The fourth-order valence-corrected chi connectivity index (χ4v) is 2.25. The van der Waals surface area contributed by atoms with Crippen LogP contribution in [0.4, 0.5) is 4.39 Å². The number of aromatic nitrogens is 1. The van der Waals surface area contributed by atoms with Crippen molar-refractivity contribution in [3.05, 3.63) is 29.6 Å². The van der Waals surface area contributed by atoms with Crippen LogP contribution in [0, 0.1) is 0 Å². The van der Waals surface area contributed by atoms with Gasteiger partial charge in [-0.25, -0.2) is 15.2 Å². The van der Waals surface area contributed by atoms with Gasteiger partial charge in [-0.2, -0.15) is 0 Å². The highest BCUT2D eigenvalue weighted by Crippen LogP contribution is 2.23. The molecule has 0 bridgehead atoms. The molecule has 126 valence electrons. The van der Waals surface area contributed by atoms with Crippen LogP contribution in [0.3, 0.4) is 0 Å². The largest absolute Gasteiger partial charge is 0.471 e. The average molecular weight is 324 g/mol. The van der Waals surface area contributed by atoms with Crippen LogP contribution in [0.2, 0.25) is 0 Å². The van der Waals surface area contributed by atoms with E-state index in [0.29, 0.717) is 24.2 Å². The number of alkyl halides is 1. The molecule has 0 aliphatic carbocycles. The minimum atomic E-state index is -1.18. The Morgan fingerprint density at radius 2 is 2.30 bits per heavy atom. The van der Waals surface area contributed by atoms with Crippen molar-refractivity contribution in [1.82, 2.24) is 15.3 Å². The number of halogens is 1. The molecule has 1 fully saturated rings. The molecule has 0 aromatic carbocycles. The smallest absolute Gasteiger partial charge is 0.254 e. The van der Waals surface area contributed by atoms with Gasteiger partial charge in [0.25, 0.3) is 5.91 Å². The quantitative estimate of drug-likeness (QED) is 0.417. The molecule has 23 heavy (non-hydrogen) atoms. The Kier molecular flexibility index (Phi) is 5.35. The summed E-state index contributed by atoms with van der Waals surface area (Å²) in [5, 5.41) is 4.19. The normalized spacial score (nSPS) is 21.8. The van der Waals surface area contributed by atoms with Gasteiger partial charge in [-0.3, -0.25) is 4.79 Å². The molecule has 1 aliphatic rings. The maximum atomic E-state index is 13.8. The SMILES string of the molecule is CN(N)/C=C(\N)c1cnc(OC2CCNCC2F)c(C(N)=O)c1. The predicted octanol–water partition coefficient (Wildman–Crippen LogP) is -0.678. The lowest BCUT2D eigenvalue weighted by molar-refractivity contribution is 0.0676. The van der Waals surface area contributed by atoms with Crippen LogP contribution in [-0.4, -0.2) is 48.3 Å². The van der Waals surface area contributed by atoms with Gasteiger partial charge >= 0.3 is 0 Å². The first kappa shape index (κ1) is 17.0. The number of hydrogen-bond acceptors (Lipinski definition) is 7. The Hall–Kier alpha value is -2.39. The van der Waals surface area contributed by atoms with Gasteiger partial charge in [-0.1, -0.05) is 0 Å².